The quantitative estimate of drug-likeness (QED) is 0.883. The number of anilines is 1. The Kier molecular flexibility index (Phi) is 3.91. The van der Waals surface area contributed by atoms with Gasteiger partial charge in [0.25, 0.3) is 0 Å². The van der Waals surface area contributed by atoms with Crippen LogP contribution in [0.2, 0.25) is 10.0 Å². The second kappa shape index (κ2) is 5.70. The molecule has 1 atom stereocenters. The number of carbonyl (C=O) groups excluding carboxylic acids is 1. The van der Waals surface area contributed by atoms with Gasteiger partial charge in [-0.05, 0) is 38.0 Å². The van der Waals surface area contributed by atoms with Crippen molar-refractivity contribution < 1.29 is 4.79 Å². The molecule has 0 spiro atoms. The molecule has 1 aliphatic rings. The summed E-state index contributed by atoms with van der Waals surface area (Å²) in [5, 5.41) is 3.90. The number of aromatic nitrogens is 2. The number of halogens is 2. The number of fused-ring (bicyclic) bond motifs is 1. The lowest BCUT2D eigenvalue weighted by atomic mass is 9.89. The van der Waals surface area contributed by atoms with E-state index >= 15 is 0 Å². The Hall–Kier alpha value is -1.52. The average Bonchev–Trinajstić information content (AvgIpc) is 2.76. The molecule has 0 bridgehead atoms. The summed E-state index contributed by atoms with van der Waals surface area (Å²) < 4.78 is 0. The first-order valence-corrected chi connectivity index (χ1v) is 7.58. The fraction of sp³-hybridized carbons (Fsp3) is 0.333. The largest absolute Gasteiger partial charge is 0.346 e. The summed E-state index contributed by atoms with van der Waals surface area (Å²) in [4.78, 5) is 20.0. The number of H-pyrrole nitrogens is 1. The average molecular weight is 324 g/mol. The number of carbonyl (C=O) groups is 1. The van der Waals surface area contributed by atoms with Crippen LogP contribution in [0.4, 0.5) is 5.69 Å². The number of nitrogens with one attached hydrogen (secondary N) is 2. The van der Waals surface area contributed by atoms with E-state index in [0.717, 1.165) is 30.1 Å². The number of aryl methyl sites for hydroxylation is 2. The first kappa shape index (κ1) is 14.4. The number of benzene rings is 1. The molecular formula is C15H15Cl2N3O. The maximum atomic E-state index is 12.4. The van der Waals surface area contributed by atoms with Crippen LogP contribution in [0.25, 0.3) is 0 Å². The predicted molar refractivity (Wildman–Crippen MR) is 83.9 cm³/mol. The molecule has 0 radical (unpaired) electrons. The van der Waals surface area contributed by atoms with Crippen molar-refractivity contribution in [3.63, 3.8) is 0 Å². The van der Waals surface area contributed by atoms with Crippen molar-refractivity contribution in [1.82, 2.24) is 9.97 Å². The molecule has 0 saturated carbocycles. The minimum Gasteiger partial charge on any atom is -0.346 e. The molecule has 1 amide bonds. The van der Waals surface area contributed by atoms with E-state index in [1.165, 1.54) is 0 Å². The van der Waals surface area contributed by atoms with E-state index in [-0.39, 0.29) is 11.8 Å². The van der Waals surface area contributed by atoms with E-state index in [9.17, 15) is 4.79 Å². The summed E-state index contributed by atoms with van der Waals surface area (Å²) in [6.45, 7) is 1.93. The van der Waals surface area contributed by atoms with Gasteiger partial charge in [-0.2, -0.15) is 0 Å². The van der Waals surface area contributed by atoms with Crippen molar-refractivity contribution in [3.05, 3.63) is 45.5 Å². The zero-order valence-electron chi connectivity index (χ0n) is 11.5. The molecule has 0 aliphatic heterocycles. The molecule has 6 heteroatoms. The number of rotatable bonds is 2. The van der Waals surface area contributed by atoms with Crippen molar-refractivity contribution in [3.8, 4) is 0 Å². The Morgan fingerprint density at radius 3 is 2.76 bits per heavy atom. The van der Waals surface area contributed by atoms with Crippen molar-refractivity contribution in [2.24, 2.45) is 5.92 Å². The van der Waals surface area contributed by atoms with E-state index in [1.54, 1.807) is 18.2 Å². The molecule has 2 N–H and O–H groups in total. The molecule has 1 heterocycles. The third-order valence-corrected chi connectivity index (χ3v) is 4.10. The molecule has 0 fully saturated rings. The Morgan fingerprint density at radius 2 is 2.05 bits per heavy atom. The van der Waals surface area contributed by atoms with E-state index in [2.05, 4.69) is 15.3 Å². The third kappa shape index (κ3) is 3.22. The molecular weight excluding hydrogens is 309 g/mol. The van der Waals surface area contributed by atoms with Gasteiger partial charge >= 0.3 is 0 Å². The topological polar surface area (TPSA) is 57.8 Å². The molecule has 3 rings (SSSR count). The van der Waals surface area contributed by atoms with Gasteiger partial charge in [-0.1, -0.05) is 23.2 Å². The zero-order valence-corrected chi connectivity index (χ0v) is 13.1. The lowest BCUT2D eigenvalue weighted by Crippen LogP contribution is -2.28. The van der Waals surface area contributed by atoms with Gasteiger partial charge in [0, 0.05) is 33.8 Å². The number of hydrogen-bond donors (Lipinski definition) is 2. The first-order chi connectivity index (χ1) is 10.0. The van der Waals surface area contributed by atoms with Crippen molar-refractivity contribution >= 4 is 34.8 Å². The second-order valence-electron chi connectivity index (χ2n) is 5.33. The van der Waals surface area contributed by atoms with E-state index in [0.29, 0.717) is 22.2 Å². The summed E-state index contributed by atoms with van der Waals surface area (Å²) >= 11 is 11.9. The molecule has 21 heavy (non-hydrogen) atoms. The van der Waals surface area contributed by atoms with E-state index < -0.39 is 0 Å². The lowest BCUT2D eigenvalue weighted by Gasteiger charge is -2.20. The number of hydrogen-bond acceptors (Lipinski definition) is 2. The highest BCUT2D eigenvalue weighted by molar-refractivity contribution is 6.35. The normalized spacial score (nSPS) is 17.4. The molecule has 1 aliphatic carbocycles. The van der Waals surface area contributed by atoms with Gasteiger partial charge in [0.15, 0.2) is 0 Å². The van der Waals surface area contributed by atoms with Crippen molar-refractivity contribution in [2.45, 2.75) is 26.2 Å². The van der Waals surface area contributed by atoms with Crippen LogP contribution >= 0.6 is 23.2 Å². The van der Waals surface area contributed by atoms with Crippen molar-refractivity contribution in [2.75, 3.05) is 5.32 Å². The number of aromatic amines is 1. The molecule has 1 aromatic heterocycles. The predicted octanol–water partition coefficient (Wildman–Crippen LogP) is 3.77. The monoisotopic (exact) mass is 323 g/mol. The smallest absolute Gasteiger partial charge is 0.227 e. The molecule has 110 valence electrons. The minimum atomic E-state index is -0.0601. The second-order valence-corrected chi connectivity index (χ2v) is 6.21. The Balaban J connectivity index is 1.72. The highest BCUT2D eigenvalue weighted by Gasteiger charge is 2.26. The fourth-order valence-corrected chi connectivity index (χ4v) is 3.24. The van der Waals surface area contributed by atoms with Gasteiger partial charge in [-0.25, -0.2) is 4.98 Å². The van der Waals surface area contributed by atoms with Crippen LogP contribution in [0, 0.1) is 12.8 Å². The molecule has 1 unspecified atom stereocenters. The Morgan fingerprint density at radius 1 is 1.33 bits per heavy atom. The number of nitrogens with zero attached hydrogens (tertiary/aromatic N) is 1. The van der Waals surface area contributed by atoms with Gasteiger partial charge in [-0.3, -0.25) is 4.79 Å². The maximum absolute atomic E-state index is 12.4. The first-order valence-electron chi connectivity index (χ1n) is 6.82. The van der Waals surface area contributed by atoms with E-state index in [4.69, 9.17) is 23.2 Å². The number of amides is 1. The highest BCUT2D eigenvalue weighted by atomic mass is 35.5. The lowest BCUT2D eigenvalue weighted by molar-refractivity contribution is -0.120. The van der Waals surface area contributed by atoms with Crippen LogP contribution in [-0.4, -0.2) is 15.9 Å². The SMILES string of the molecule is Cc1nc2c([nH]1)CC(C(=O)Nc1cc(Cl)cc(Cl)c1)CC2. The third-order valence-electron chi connectivity index (χ3n) is 3.66. The standard InChI is InChI=1S/C15H15Cl2N3O/c1-8-18-13-3-2-9(4-14(13)19-8)15(21)20-12-6-10(16)5-11(17)7-12/h5-7,9H,2-4H2,1H3,(H,18,19)(H,20,21). The maximum Gasteiger partial charge on any atom is 0.227 e. The van der Waals surface area contributed by atoms with Crippen LogP contribution in [0.1, 0.15) is 23.6 Å². The van der Waals surface area contributed by atoms with E-state index in [1.807, 2.05) is 6.92 Å². The summed E-state index contributed by atoms with van der Waals surface area (Å²) in [6, 6.07) is 5.03. The number of imidazole rings is 1. The van der Waals surface area contributed by atoms with Gasteiger partial charge in [0.05, 0.1) is 5.69 Å². The molecule has 4 nitrogen and oxygen atoms in total. The van der Waals surface area contributed by atoms with Gasteiger partial charge in [0.1, 0.15) is 5.82 Å². The zero-order chi connectivity index (χ0) is 15.0. The van der Waals surface area contributed by atoms with Gasteiger partial charge < -0.3 is 10.3 Å². The highest BCUT2D eigenvalue weighted by Crippen LogP contribution is 2.27. The molecule has 2 aromatic rings. The van der Waals surface area contributed by atoms with Crippen LogP contribution in [0.5, 0.6) is 0 Å². The Bertz CT molecular complexity index is 676. The Labute approximate surface area is 132 Å². The molecule has 0 saturated heterocycles. The summed E-state index contributed by atoms with van der Waals surface area (Å²) in [7, 11) is 0. The van der Waals surface area contributed by atoms with Gasteiger partial charge in [0.2, 0.25) is 5.91 Å². The fourth-order valence-electron chi connectivity index (χ4n) is 2.72. The van der Waals surface area contributed by atoms with Gasteiger partial charge in [-0.15, -0.1) is 0 Å². The summed E-state index contributed by atoms with van der Waals surface area (Å²) in [6.07, 6.45) is 2.32. The summed E-state index contributed by atoms with van der Waals surface area (Å²) in [5.74, 6) is 0.837. The minimum absolute atomic E-state index is 0.00811. The van der Waals surface area contributed by atoms with Crippen LogP contribution in [0.3, 0.4) is 0 Å². The summed E-state index contributed by atoms with van der Waals surface area (Å²) in [5.41, 5.74) is 2.79. The van der Waals surface area contributed by atoms with Crippen LogP contribution < -0.4 is 5.32 Å². The molecule has 1 aromatic carbocycles. The van der Waals surface area contributed by atoms with Crippen molar-refractivity contribution in [1.29, 1.82) is 0 Å². The van der Waals surface area contributed by atoms with Crippen LogP contribution in [0.15, 0.2) is 18.2 Å². The van der Waals surface area contributed by atoms with Crippen LogP contribution in [-0.2, 0) is 17.6 Å².